The van der Waals surface area contributed by atoms with Gasteiger partial charge in [0.25, 0.3) is 0 Å². The molecule has 0 saturated carbocycles. The lowest BCUT2D eigenvalue weighted by atomic mass is 9.69. The second kappa shape index (κ2) is 5.30. The van der Waals surface area contributed by atoms with E-state index in [0.717, 1.165) is 12.0 Å². The number of carbonyl (C=O) groups is 1. The average Bonchev–Trinajstić information content (AvgIpc) is 2.37. The topological polar surface area (TPSA) is 89.3 Å². The molecule has 1 unspecified atom stereocenters. The Bertz CT molecular complexity index is 531. The van der Waals surface area contributed by atoms with Crippen molar-refractivity contribution in [2.75, 3.05) is 0 Å². The van der Waals surface area contributed by atoms with Crippen LogP contribution in [0.4, 0.5) is 0 Å². The van der Waals surface area contributed by atoms with E-state index in [9.17, 15) is 9.90 Å². The molecule has 0 bridgehead atoms. The van der Waals surface area contributed by atoms with Gasteiger partial charge < -0.3 is 16.6 Å². The maximum absolute atomic E-state index is 11.3. The third kappa shape index (κ3) is 2.65. The number of amides is 1. The summed E-state index contributed by atoms with van der Waals surface area (Å²) in [7, 11) is 0. The van der Waals surface area contributed by atoms with Gasteiger partial charge in [-0.05, 0) is 36.6 Å². The van der Waals surface area contributed by atoms with Crippen LogP contribution in [0.2, 0.25) is 0 Å². The molecule has 2 rings (SSSR count). The average molecular weight is 294 g/mol. The Balaban J connectivity index is 2.33. The molecular weight excluding hydrogens is 272 g/mol. The fraction of sp³-hybridized carbons (Fsp3) is 0.533. The number of rotatable bonds is 3. The van der Waals surface area contributed by atoms with E-state index in [1.54, 1.807) is 23.9 Å². The SMILES string of the molecule is CC(S[C@H]1Cc2ccc(O)cc2C(C)(C)[C@@H]1N)C(N)=O. The van der Waals surface area contributed by atoms with Gasteiger partial charge in [-0.25, -0.2) is 0 Å². The predicted octanol–water partition coefficient (Wildman–Crippen LogP) is 1.53. The number of phenols is 1. The van der Waals surface area contributed by atoms with Gasteiger partial charge in [-0.2, -0.15) is 0 Å². The van der Waals surface area contributed by atoms with Crippen molar-refractivity contribution in [2.45, 2.75) is 49.1 Å². The highest BCUT2D eigenvalue weighted by molar-refractivity contribution is 8.01. The second-order valence-corrected chi connectivity index (χ2v) is 7.60. The van der Waals surface area contributed by atoms with Crippen LogP contribution in [0, 0.1) is 0 Å². The number of fused-ring (bicyclic) bond motifs is 1. The van der Waals surface area contributed by atoms with E-state index in [4.69, 9.17) is 11.5 Å². The molecule has 1 aliphatic carbocycles. The van der Waals surface area contributed by atoms with Gasteiger partial charge in [0.1, 0.15) is 5.75 Å². The van der Waals surface area contributed by atoms with E-state index in [-0.39, 0.29) is 33.6 Å². The molecule has 5 N–H and O–H groups in total. The van der Waals surface area contributed by atoms with Crippen molar-refractivity contribution in [2.24, 2.45) is 11.5 Å². The summed E-state index contributed by atoms with van der Waals surface area (Å²) in [6, 6.07) is 5.35. The minimum atomic E-state index is -0.309. The first-order valence-electron chi connectivity index (χ1n) is 6.76. The van der Waals surface area contributed by atoms with E-state index >= 15 is 0 Å². The maximum Gasteiger partial charge on any atom is 0.230 e. The Labute approximate surface area is 123 Å². The van der Waals surface area contributed by atoms with Gasteiger partial charge in [0.05, 0.1) is 5.25 Å². The van der Waals surface area contributed by atoms with Crippen molar-refractivity contribution in [1.82, 2.24) is 0 Å². The van der Waals surface area contributed by atoms with E-state index in [1.807, 2.05) is 13.0 Å². The third-order valence-electron chi connectivity index (χ3n) is 4.22. The summed E-state index contributed by atoms with van der Waals surface area (Å²) in [6.07, 6.45) is 0.794. The number of carbonyl (C=O) groups excluding carboxylic acids is 1. The molecule has 0 saturated heterocycles. The monoisotopic (exact) mass is 294 g/mol. The molecule has 0 spiro atoms. The van der Waals surface area contributed by atoms with Crippen LogP contribution < -0.4 is 11.5 Å². The molecule has 0 aromatic heterocycles. The zero-order chi connectivity index (χ0) is 15.1. The number of hydrogen-bond donors (Lipinski definition) is 3. The summed E-state index contributed by atoms with van der Waals surface area (Å²) in [5.41, 5.74) is 13.8. The zero-order valence-electron chi connectivity index (χ0n) is 12.1. The quantitative estimate of drug-likeness (QED) is 0.788. The van der Waals surface area contributed by atoms with Crippen LogP contribution in [0.3, 0.4) is 0 Å². The smallest absolute Gasteiger partial charge is 0.230 e. The van der Waals surface area contributed by atoms with E-state index < -0.39 is 0 Å². The van der Waals surface area contributed by atoms with Crippen LogP contribution in [0.5, 0.6) is 5.75 Å². The first-order valence-corrected chi connectivity index (χ1v) is 7.70. The van der Waals surface area contributed by atoms with Gasteiger partial charge >= 0.3 is 0 Å². The Hall–Kier alpha value is -1.20. The first-order chi connectivity index (χ1) is 9.23. The van der Waals surface area contributed by atoms with Gasteiger partial charge in [0.15, 0.2) is 0 Å². The fourth-order valence-corrected chi connectivity index (χ4v) is 4.24. The Kier molecular flexibility index (Phi) is 4.02. The van der Waals surface area contributed by atoms with Gasteiger partial charge in [-0.3, -0.25) is 4.79 Å². The van der Waals surface area contributed by atoms with Crippen LogP contribution >= 0.6 is 11.8 Å². The number of nitrogens with two attached hydrogens (primary N) is 2. The Morgan fingerprint density at radius 2 is 2.15 bits per heavy atom. The largest absolute Gasteiger partial charge is 0.508 e. The van der Waals surface area contributed by atoms with Crippen molar-refractivity contribution in [1.29, 1.82) is 0 Å². The van der Waals surface area contributed by atoms with Crippen molar-refractivity contribution in [3.05, 3.63) is 29.3 Å². The van der Waals surface area contributed by atoms with Gasteiger partial charge in [0, 0.05) is 16.7 Å². The minimum absolute atomic E-state index is 0.0939. The van der Waals surface area contributed by atoms with Gasteiger partial charge in [-0.15, -0.1) is 11.8 Å². The lowest BCUT2D eigenvalue weighted by Crippen LogP contribution is -2.53. The van der Waals surface area contributed by atoms with E-state index in [2.05, 4.69) is 13.8 Å². The number of phenolic OH excluding ortho intramolecular Hbond substituents is 1. The normalized spacial score (nSPS) is 25.8. The molecule has 0 fully saturated rings. The van der Waals surface area contributed by atoms with Crippen molar-refractivity contribution < 1.29 is 9.90 Å². The Morgan fingerprint density at radius 1 is 1.50 bits per heavy atom. The molecule has 0 radical (unpaired) electrons. The standard InChI is InChI=1S/C15H22N2O2S/c1-8(14(17)19)20-12-6-9-4-5-10(18)7-11(9)15(2,3)13(12)16/h4-5,7-8,12-13,18H,6,16H2,1-3H3,(H2,17,19)/t8?,12-,13+/m0/s1. The molecular formula is C15H22N2O2S. The van der Waals surface area contributed by atoms with Gasteiger partial charge in [0.2, 0.25) is 5.91 Å². The summed E-state index contributed by atoms with van der Waals surface area (Å²) >= 11 is 1.54. The summed E-state index contributed by atoms with van der Waals surface area (Å²) in [5, 5.41) is 9.58. The van der Waals surface area contributed by atoms with Crippen LogP contribution in [0.1, 0.15) is 31.9 Å². The minimum Gasteiger partial charge on any atom is -0.508 e. The molecule has 1 aromatic carbocycles. The molecule has 110 valence electrons. The number of thioether (sulfide) groups is 1. The van der Waals surface area contributed by atoms with Crippen LogP contribution in [0.15, 0.2) is 18.2 Å². The highest BCUT2D eigenvalue weighted by Crippen LogP contribution is 2.42. The second-order valence-electron chi connectivity index (χ2n) is 6.01. The van der Waals surface area contributed by atoms with Crippen LogP contribution in [-0.4, -0.2) is 27.6 Å². The number of benzene rings is 1. The first kappa shape index (κ1) is 15.2. The molecule has 0 heterocycles. The molecule has 1 aromatic rings. The summed E-state index contributed by atoms with van der Waals surface area (Å²) in [4.78, 5) is 11.3. The third-order valence-corrected chi connectivity index (χ3v) is 5.67. The van der Waals surface area contributed by atoms with E-state index in [0.29, 0.717) is 0 Å². The van der Waals surface area contributed by atoms with Crippen molar-refractivity contribution >= 4 is 17.7 Å². The summed E-state index contributed by atoms with van der Waals surface area (Å²) < 4.78 is 0. The number of primary amides is 1. The maximum atomic E-state index is 11.3. The molecule has 1 aliphatic rings. The number of aromatic hydroxyl groups is 1. The predicted molar refractivity (Wildman–Crippen MR) is 82.8 cm³/mol. The molecule has 20 heavy (non-hydrogen) atoms. The lowest BCUT2D eigenvalue weighted by molar-refractivity contribution is -0.117. The molecule has 5 heteroatoms. The van der Waals surface area contributed by atoms with Crippen molar-refractivity contribution in [3.8, 4) is 5.75 Å². The van der Waals surface area contributed by atoms with Gasteiger partial charge in [-0.1, -0.05) is 19.9 Å². The Morgan fingerprint density at radius 3 is 2.75 bits per heavy atom. The molecule has 1 amide bonds. The molecule has 4 nitrogen and oxygen atoms in total. The van der Waals surface area contributed by atoms with Crippen LogP contribution in [-0.2, 0) is 16.6 Å². The summed E-state index contributed by atoms with van der Waals surface area (Å²) in [6.45, 7) is 5.98. The number of hydrogen-bond acceptors (Lipinski definition) is 4. The molecule has 0 aliphatic heterocycles. The van der Waals surface area contributed by atoms with Crippen LogP contribution in [0.25, 0.3) is 0 Å². The lowest BCUT2D eigenvalue weighted by Gasteiger charge is -2.43. The highest BCUT2D eigenvalue weighted by atomic mass is 32.2. The van der Waals surface area contributed by atoms with E-state index in [1.165, 1.54) is 5.56 Å². The van der Waals surface area contributed by atoms with Crippen molar-refractivity contribution in [3.63, 3.8) is 0 Å². The molecule has 3 atom stereocenters. The zero-order valence-corrected chi connectivity index (χ0v) is 12.9. The summed E-state index contributed by atoms with van der Waals surface area (Å²) in [5.74, 6) is -0.0443. The fourth-order valence-electron chi connectivity index (χ4n) is 2.79. The highest BCUT2D eigenvalue weighted by Gasteiger charge is 2.41.